The van der Waals surface area contributed by atoms with E-state index in [1.54, 1.807) is 13.0 Å². The smallest absolute Gasteiger partial charge is 0.273 e. The number of anilines is 2. The van der Waals surface area contributed by atoms with Crippen LogP contribution < -0.4 is 16.4 Å². The van der Waals surface area contributed by atoms with Gasteiger partial charge in [-0.25, -0.2) is 0 Å². The molecule has 0 aromatic heterocycles. The van der Waals surface area contributed by atoms with Crippen molar-refractivity contribution in [1.29, 1.82) is 0 Å². The van der Waals surface area contributed by atoms with Gasteiger partial charge in [0.2, 0.25) is 5.91 Å². The minimum absolute atomic E-state index is 0.0997. The van der Waals surface area contributed by atoms with E-state index in [-0.39, 0.29) is 23.3 Å². The number of carbonyl (C=O) groups excluding carboxylic acids is 1. The standard InChI is InChI=1S/C12H16N4O3/c1-7(12(17)15-9-2-3-9)14-10-4-8(13)5-11(6-10)16(18)19/h4-7,9,14H,2-3,13H2,1H3,(H,15,17). The summed E-state index contributed by atoms with van der Waals surface area (Å²) in [6.07, 6.45) is 2.03. The van der Waals surface area contributed by atoms with Crippen LogP contribution in [0.1, 0.15) is 19.8 Å². The van der Waals surface area contributed by atoms with Crippen LogP contribution in [0.5, 0.6) is 0 Å². The molecule has 4 N–H and O–H groups in total. The fourth-order valence-corrected chi connectivity index (χ4v) is 1.69. The zero-order chi connectivity index (χ0) is 14.0. The number of nitrogens with two attached hydrogens (primary N) is 1. The number of hydrogen-bond acceptors (Lipinski definition) is 5. The lowest BCUT2D eigenvalue weighted by atomic mass is 10.2. The van der Waals surface area contributed by atoms with Crippen LogP contribution in [-0.2, 0) is 4.79 Å². The van der Waals surface area contributed by atoms with E-state index in [1.165, 1.54) is 12.1 Å². The van der Waals surface area contributed by atoms with E-state index in [0.29, 0.717) is 5.69 Å². The van der Waals surface area contributed by atoms with Crippen LogP contribution in [0.2, 0.25) is 0 Å². The zero-order valence-electron chi connectivity index (χ0n) is 10.6. The molecule has 0 radical (unpaired) electrons. The summed E-state index contributed by atoms with van der Waals surface area (Å²) < 4.78 is 0. The molecule has 1 atom stereocenters. The highest BCUT2D eigenvalue weighted by atomic mass is 16.6. The number of nitrogens with one attached hydrogen (secondary N) is 2. The predicted molar refractivity (Wildman–Crippen MR) is 71.8 cm³/mol. The molecule has 0 bridgehead atoms. The lowest BCUT2D eigenvalue weighted by Crippen LogP contribution is -2.38. The molecule has 1 aromatic carbocycles. The number of carbonyl (C=O) groups is 1. The summed E-state index contributed by atoms with van der Waals surface area (Å²) in [4.78, 5) is 22.0. The van der Waals surface area contributed by atoms with Crippen molar-refractivity contribution in [2.24, 2.45) is 0 Å². The molecule has 0 aliphatic heterocycles. The SMILES string of the molecule is CC(Nc1cc(N)cc([N+](=O)[O-])c1)C(=O)NC1CC1. The Balaban J connectivity index is 2.04. The van der Waals surface area contributed by atoms with Crippen LogP contribution in [0.3, 0.4) is 0 Å². The molecule has 0 spiro atoms. The van der Waals surface area contributed by atoms with Gasteiger partial charge in [0.1, 0.15) is 6.04 Å². The molecule has 1 fully saturated rings. The maximum absolute atomic E-state index is 11.8. The summed E-state index contributed by atoms with van der Waals surface area (Å²) in [5.41, 5.74) is 6.24. The minimum Gasteiger partial charge on any atom is -0.398 e. The van der Waals surface area contributed by atoms with Crippen molar-refractivity contribution in [2.45, 2.75) is 31.8 Å². The van der Waals surface area contributed by atoms with Gasteiger partial charge in [0, 0.05) is 29.5 Å². The summed E-state index contributed by atoms with van der Waals surface area (Å²) in [5, 5.41) is 16.5. The van der Waals surface area contributed by atoms with Gasteiger partial charge in [-0.3, -0.25) is 14.9 Å². The topological polar surface area (TPSA) is 110 Å². The van der Waals surface area contributed by atoms with E-state index in [1.807, 2.05) is 0 Å². The van der Waals surface area contributed by atoms with Crippen molar-refractivity contribution in [1.82, 2.24) is 5.32 Å². The molecular formula is C12H16N4O3. The van der Waals surface area contributed by atoms with E-state index >= 15 is 0 Å². The third-order valence-corrected chi connectivity index (χ3v) is 2.85. The average molecular weight is 264 g/mol. The highest BCUT2D eigenvalue weighted by Crippen LogP contribution is 2.23. The molecule has 1 aliphatic carbocycles. The number of benzene rings is 1. The first-order chi connectivity index (χ1) is 8.95. The maximum Gasteiger partial charge on any atom is 0.273 e. The normalized spacial score (nSPS) is 15.6. The molecule has 0 saturated heterocycles. The summed E-state index contributed by atoms with van der Waals surface area (Å²) in [6.45, 7) is 1.70. The Kier molecular flexibility index (Phi) is 3.55. The van der Waals surface area contributed by atoms with Crippen molar-refractivity contribution in [2.75, 3.05) is 11.1 Å². The Labute approximate surface area is 110 Å². The summed E-state index contributed by atoms with van der Waals surface area (Å²) in [5.74, 6) is -0.118. The molecular weight excluding hydrogens is 248 g/mol. The first-order valence-electron chi connectivity index (χ1n) is 6.07. The maximum atomic E-state index is 11.8. The molecule has 1 amide bonds. The highest BCUT2D eigenvalue weighted by molar-refractivity contribution is 5.85. The first kappa shape index (κ1) is 13.1. The van der Waals surface area contributed by atoms with Crippen LogP contribution in [0.4, 0.5) is 17.1 Å². The lowest BCUT2D eigenvalue weighted by Gasteiger charge is -2.15. The summed E-state index contributed by atoms with van der Waals surface area (Å²) >= 11 is 0. The number of hydrogen-bond donors (Lipinski definition) is 3. The molecule has 7 heteroatoms. The molecule has 2 rings (SSSR count). The van der Waals surface area contributed by atoms with Crippen LogP contribution in [0.25, 0.3) is 0 Å². The first-order valence-corrected chi connectivity index (χ1v) is 6.07. The molecule has 19 heavy (non-hydrogen) atoms. The predicted octanol–water partition coefficient (Wildman–Crippen LogP) is 1.26. The number of amides is 1. The van der Waals surface area contributed by atoms with E-state index in [0.717, 1.165) is 12.8 Å². The van der Waals surface area contributed by atoms with Crippen LogP contribution in [0.15, 0.2) is 18.2 Å². The summed E-state index contributed by atoms with van der Waals surface area (Å²) in [6, 6.07) is 4.01. The summed E-state index contributed by atoms with van der Waals surface area (Å²) in [7, 11) is 0. The fraction of sp³-hybridized carbons (Fsp3) is 0.417. The second kappa shape index (κ2) is 5.13. The number of nitro benzene ring substituents is 1. The van der Waals surface area contributed by atoms with E-state index in [2.05, 4.69) is 10.6 Å². The van der Waals surface area contributed by atoms with Gasteiger partial charge in [-0.05, 0) is 25.8 Å². The Bertz CT molecular complexity index is 514. The Morgan fingerprint density at radius 3 is 2.74 bits per heavy atom. The second-order valence-electron chi connectivity index (χ2n) is 4.72. The highest BCUT2D eigenvalue weighted by Gasteiger charge is 2.25. The number of nitrogen functional groups attached to an aromatic ring is 1. The molecule has 1 aliphatic rings. The van der Waals surface area contributed by atoms with Crippen LogP contribution >= 0.6 is 0 Å². The van der Waals surface area contributed by atoms with Crippen molar-refractivity contribution < 1.29 is 9.72 Å². The van der Waals surface area contributed by atoms with Crippen molar-refractivity contribution in [3.05, 3.63) is 28.3 Å². The number of non-ortho nitro benzene ring substituents is 1. The monoisotopic (exact) mass is 264 g/mol. The Morgan fingerprint density at radius 2 is 2.16 bits per heavy atom. The van der Waals surface area contributed by atoms with Crippen molar-refractivity contribution >= 4 is 23.0 Å². The average Bonchev–Trinajstić information content (AvgIpc) is 3.11. The van der Waals surface area contributed by atoms with Gasteiger partial charge in [0.15, 0.2) is 0 Å². The quantitative estimate of drug-likeness (QED) is 0.421. The molecule has 1 unspecified atom stereocenters. The largest absolute Gasteiger partial charge is 0.398 e. The van der Waals surface area contributed by atoms with Gasteiger partial charge in [0.05, 0.1) is 4.92 Å². The van der Waals surface area contributed by atoms with Gasteiger partial charge in [-0.15, -0.1) is 0 Å². The van der Waals surface area contributed by atoms with Gasteiger partial charge in [-0.1, -0.05) is 0 Å². The fourth-order valence-electron chi connectivity index (χ4n) is 1.69. The van der Waals surface area contributed by atoms with Gasteiger partial charge >= 0.3 is 0 Å². The number of rotatable bonds is 5. The minimum atomic E-state index is -0.517. The molecule has 102 valence electrons. The lowest BCUT2D eigenvalue weighted by molar-refractivity contribution is -0.384. The second-order valence-corrected chi connectivity index (χ2v) is 4.72. The van der Waals surface area contributed by atoms with Crippen molar-refractivity contribution in [3.63, 3.8) is 0 Å². The van der Waals surface area contributed by atoms with Gasteiger partial charge < -0.3 is 16.4 Å². The third-order valence-electron chi connectivity index (χ3n) is 2.85. The number of nitrogens with zero attached hydrogens (tertiary/aromatic N) is 1. The van der Waals surface area contributed by atoms with Crippen LogP contribution in [0, 0.1) is 10.1 Å². The van der Waals surface area contributed by atoms with E-state index in [4.69, 9.17) is 5.73 Å². The Morgan fingerprint density at radius 1 is 1.47 bits per heavy atom. The molecule has 1 saturated carbocycles. The van der Waals surface area contributed by atoms with E-state index < -0.39 is 11.0 Å². The Hall–Kier alpha value is -2.31. The van der Waals surface area contributed by atoms with E-state index in [9.17, 15) is 14.9 Å². The zero-order valence-corrected chi connectivity index (χ0v) is 10.6. The molecule has 0 heterocycles. The van der Waals surface area contributed by atoms with Crippen LogP contribution in [-0.4, -0.2) is 22.9 Å². The number of nitro groups is 1. The van der Waals surface area contributed by atoms with Gasteiger partial charge in [-0.2, -0.15) is 0 Å². The van der Waals surface area contributed by atoms with Gasteiger partial charge in [0.25, 0.3) is 5.69 Å². The van der Waals surface area contributed by atoms with Crippen molar-refractivity contribution in [3.8, 4) is 0 Å². The third kappa shape index (κ3) is 3.57. The molecule has 1 aromatic rings. The molecule has 7 nitrogen and oxygen atoms in total.